The van der Waals surface area contributed by atoms with Crippen LogP contribution in [0, 0.1) is 0 Å². The summed E-state index contributed by atoms with van der Waals surface area (Å²) in [5.74, 6) is -4.87. The van der Waals surface area contributed by atoms with E-state index in [9.17, 15) is 26.7 Å². The zero-order valence-corrected chi connectivity index (χ0v) is 7.00. The van der Waals surface area contributed by atoms with Gasteiger partial charge in [0.05, 0.1) is 13.1 Å². The second-order valence-electron chi connectivity index (χ2n) is 2.63. The SMILES string of the molecule is NCC(F)(F)CNC(=O)CC(F)(F)F. The number of hydrogen-bond donors (Lipinski definition) is 2. The molecule has 3 N–H and O–H groups in total. The normalized spacial score (nSPS) is 12.7. The van der Waals surface area contributed by atoms with Gasteiger partial charge in [-0.3, -0.25) is 4.79 Å². The van der Waals surface area contributed by atoms with Gasteiger partial charge in [-0.05, 0) is 0 Å². The zero-order chi connectivity index (χ0) is 11.4. The lowest BCUT2D eigenvalue weighted by atomic mass is 10.3. The first-order chi connectivity index (χ1) is 6.16. The maximum absolute atomic E-state index is 12.3. The highest BCUT2D eigenvalue weighted by molar-refractivity contribution is 5.76. The fourth-order valence-electron chi connectivity index (χ4n) is 0.545. The van der Waals surface area contributed by atoms with Crippen molar-refractivity contribution in [2.45, 2.75) is 18.5 Å². The Kier molecular flexibility index (Phi) is 4.24. The van der Waals surface area contributed by atoms with Crippen LogP contribution in [-0.2, 0) is 4.79 Å². The van der Waals surface area contributed by atoms with Crippen molar-refractivity contribution in [1.29, 1.82) is 0 Å². The minimum absolute atomic E-state index is 1.03. The summed E-state index contributed by atoms with van der Waals surface area (Å²) in [6, 6.07) is 0. The Bertz CT molecular complexity index is 203. The third-order valence-electron chi connectivity index (χ3n) is 1.20. The summed E-state index contributed by atoms with van der Waals surface area (Å²) >= 11 is 0. The van der Waals surface area contributed by atoms with Crippen LogP contribution in [0.25, 0.3) is 0 Å². The van der Waals surface area contributed by atoms with E-state index in [0.29, 0.717) is 0 Å². The highest BCUT2D eigenvalue weighted by atomic mass is 19.4. The topological polar surface area (TPSA) is 55.1 Å². The molecule has 0 aliphatic rings. The van der Waals surface area contributed by atoms with Gasteiger partial charge in [0.2, 0.25) is 5.91 Å². The van der Waals surface area contributed by atoms with Gasteiger partial charge in [-0.2, -0.15) is 13.2 Å². The number of amides is 1. The molecule has 0 aliphatic carbocycles. The molecule has 0 saturated carbocycles. The number of halogens is 5. The van der Waals surface area contributed by atoms with Gasteiger partial charge in [-0.15, -0.1) is 0 Å². The van der Waals surface area contributed by atoms with Crippen LogP contribution < -0.4 is 11.1 Å². The molecule has 0 bridgehead atoms. The van der Waals surface area contributed by atoms with E-state index < -0.39 is 37.5 Å². The third kappa shape index (κ3) is 6.58. The van der Waals surface area contributed by atoms with Gasteiger partial charge in [0.25, 0.3) is 5.92 Å². The molecule has 0 atom stereocenters. The highest BCUT2D eigenvalue weighted by Crippen LogP contribution is 2.19. The first-order valence-corrected chi connectivity index (χ1v) is 3.58. The Hall–Kier alpha value is -0.920. The van der Waals surface area contributed by atoms with E-state index in [2.05, 4.69) is 5.73 Å². The highest BCUT2D eigenvalue weighted by Gasteiger charge is 2.33. The molecule has 0 rings (SSSR count). The van der Waals surface area contributed by atoms with Crippen molar-refractivity contribution in [3.05, 3.63) is 0 Å². The van der Waals surface area contributed by atoms with Crippen LogP contribution >= 0.6 is 0 Å². The Morgan fingerprint density at radius 1 is 1.21 bits per heavy atom. The second kappa shape index (κ2) is 4.54. The molecule has 0 aromatic heterocycles. The molecular formula is C6H9F5N2O. The minimum atomic E-state index is -4.69. The number of hydrogen-bond acceptors (Lipinski definition) is 2. The number of rotatable bonds is 4. The summed E-state index contributed by atoms with van der Waals surface area (Å²) in [5, 5.41) is 1.44. The van der Waals surface area contributed by atoms with Crippen molar-refractivity contribution >= 4 is 5.91 Å². The average molecular weight is 220 g/mol. The smallest absolute Gasteiger partial charge is 0.350 e. The number of nitrogens with two attached hydrogens (primary N) is 1. The van der Waals surface area contributed by atoms with Crippen molar-refractivity contribution in [2.24, 2.45) is 5.73 Å². The Balaban J connectivity index is 3.87. The van der Waals surface area contributed by atoms with E-state index in [1.54, 1.807) is 0 Å². The predicted molar refractivity (Wildman–Crippen MR) is 37.7 cm³/mol. The van der Waals surface area contributed by atoms with Crippen LogP contribution in [0.4, 0.5) is 22.0 Å². The van der Waals surface area contributed by atoms with Crippen LogP contribution in [0.5, 0.6) is 0 Å². The molecule has 8 heteroatoms. The van der Waals surface area contributed by atoms with E-state index in [1.807, 2.05) is 0 Å². The van der Waals surface area contributed by atoms with Crippen molar-refractivity contribution in [3.8, 4) is 0 Å². The summed E-state index contributed by atoms with van der Waals surface area (Å²) in [7, 11) is 0. The molecule has 14 heavy (non-hydrogen) atoms. The summed E-state index contributed by atoms with van der Waals surface area (Å²) in [4.78, 5) is 10.4. The van der Waals surface area contributed by atoms with Crippen LogP contribution in [0.1, 0.15) is 6.42 Å². The monoisotopic (exact) mass is 220 g/mol. The Morgan fingerprint density at radius 2 is 1.71 bits per heavy atom. The Morgan fingerprint density at radius 3 is 2.07 bits per heavy atom. The molecule has 84 valence electrons. The van der Waals surface area contributed by atoms with Crippen LogP contribution in [0.2, 0.25) is 0 Å². The maximum atomic E-state index is 12.3. The lowest BCUT2D eigenvalue weighted by Gasteiger charge is -2.14. The number of alkyl halides is 5. The summed E-state index contributed by atoms with van der Waals surface area (Å²) in [5.41, 5.74) is 4.60. The molecule has 0 heterocycles. The first kappa shape index (κ1) is 13.1. The lowest BCUT2D eigenvalue weighted by Crippen LogP contribution is -2.42. The fraction of sp³-hybridized carbons (Fsp3) is 0.833. The van der Waals surface area contributed by atoms with E-state index in [-0.39, 0.29) is 0 Å². The molecule has 0 saturated heterocycles. The van der Waals surface area contributed by atoms with Crippen LogP contribution in [-0.4, -0.2) is 31.1 Å². The molecule has 1 amide bonds. The van der Waals surface area contributed by atoms with Gasteiger partial charge in [-0.1, -0.05) is 0 Å². The number of carbonyl (C=O) groups excluding carboxylic acids is 1. The maximum Gasteiger partial charge on any atom is 0.397 e. The van der Waals surface area contributed by atoms with Gasteiger partial charge in [0, 0.05) is 0 Å². The molecule has 0 aromatic rings. The quantitative estimate of drug-likeness (QED) is 0.683. The first-order valence-electron chi connectivity index (χ1n) is 3.58. The van der Waals surface area contributed by atoms with Gasteiger partial charge in [0.15, 0.2) is 0 Å². The molecular weight excluding hydrogens is 211 g/mol. The predicted octanol–water partition coefficient (Wildman–Crippen LogP) is 0.649. The fourth-order valence-corrected chi connectivity index (χ4v) is 0.545. The zero-order valence-electron chi connectivity index (χ0n) is 7.00. The van der Waals surface area contributed by atoms with Crippen molar-refractivity contribution < 1.29 is 26.7 Å². The molecule has 0 radical (unpaired) electrons. The van der Waals surface area contributed by atoms with Gasteiger partial charge < -0.3 is 11.1 Å². The van der Waals surface area contributed by atoms with Gasteiger partial charge in [0.1, 0.15) is 6.42 Å². The number of carbonyl (C=O) groups is 1. The van der Waals surface area contributed by atoms with Crippen LogP contribution in [0.15, 0.2) is 0 Å². The van der Waals surface area contributed by atoms with E-state index in [1.165, 1.54) is 5.32 Å². The Labute approximate surface area is 76.4 Å². The molecule has 0 unspecified atom stereocenters. The summed E-state index contributed by atoms with van der Waals surface area (Å²) in [6.07, 6.45) is -6.46. The summed E-state index contributed by atoms with van der Waals surface area (Å²) in [6.45, 7) is -2.21. The molecule has 0 aromatic carbocycles. The largest absolute Gasteiger partial charge is 0.397 e. The van der Waals surface area contributed by atoms with Gasteiger partial charge in [-0.25, -0.2) is 8.78 Å². The van der Waals surface area contributed by atoms with E-state index in [0.717, 1.165) is 0 Å². The van der Waals surface area contributed by atoms with Crippen molar-refractivity contribution in [2.75, 3.05) is 13.1 Å². The molecule has 0 spiro atoms. The summed E-state index contributed by atoms with van der Waals surface area (Å²) < 4.78 is 59.3. The minimum Gasteiger partial charge on any atom is -0.350 e. The average Bonchev–Trinajstić information content (AvgIpc) is 1.98. The van der Waals surface area contributed by atoms with Crippen molar-refractivity contribution in [3.63, 3.8) is 0 Å². The third-order valence-corrected chi connectivity index (χ3v) is 1.20. The second-order valence-corrected chi connectivity index (χ2v) is 2.63. The van der Waals surface area contributed by atoms with Gasteiger partial charge >= 0.3 is 6.18 Å². The standard InChI is InChI=1S/C6H9F5N2O/c7-5(8,2-12)3-13-4(14)1-6(9,10)11/h1-3,12H2,(H,13,14). The molecule has 3 nitrogen and oxygen atoms in total. The molecule has 0 fully saturated rings. The van der Waals surface area contributed by atoms with Crippen LogP contribution in [0.3, 0.4) is 0 Å². The number of nitrogens with one attached hydrogen (secondary N) is 1. The molecule has 0 aliphatic heterocycles. The lowest BCUT2D eigenvalue weighted by molar-refractivity contribution is -0.154. The van der Waals surface area contributed by atoms with E-state index >= 15 is 0 Å². The van der Waals surface area contributed by atoms with Crippen molar-refractivity contribution in [1.82, 2.24) is 5.32 Å². The van der Waals surface area contributed by atoms with E-state index in [4.69, 9.17) is 0 Å².